The normalized spacial score (nSPS) is 18.9. The van der Waals surface area contributed by atoms with Gasteiger partial charge in [0.15, 0.2) is 5.69 Å². The van der Waals surface area contributed by atoms with Crippen molar-refractivity contribution in [1.82, 2.24) is 20.4 Å². The number of hydrogen-bond acceptors (Lipinski definition) is 5. The Labute approximate surface area is 155 Å². The lowest BCUT2D eigenvalue weighted by molar-refractivity contribution is 0.0930. The Kier molecular flexibility index (Phi) is 4.40. The number of hydrogen-bond donors (Lipinski definition) is 2. The van der Waals surface area contributed by atoms with Crippen molar-refractivity contribution in [2.24, 2.45) is 5.92 Å². The van der Waals surface area contributed by atoms with Crippen LogP contribution < -0.4 is 16.2 Å². The van der Waals surface area contributed by atoms with Gasteiger partial charge in [0, 0.05) is 18.5 Å². The number of rotatable bonds is 3. The fourth-order valence-electron chi connectivity index (χ4n) is 3.30. The fraction of sp³-hybridized carbons (Fsp3) is 0.200. The molecule has 0 saturated carbocycles. The second-order valence-corrected chi connectivity index (χ2v) is 6.42. The van der Waals surface area contributed by atoms with Crippen LogP contribution in [0.5, 0.6) is 0 Å². The molecule has 4 rings (SSSR count). The Morgan fingerprint density at radius 2 is 1.81 bits per heavy atom. The zero-order valence-corrected chi connectivity index (χ0v) is 14.4. The summed E-state index contributed by atoms with van der Waals surface area (Å²) in [6.45, 7) is 1.07. The highest BCUT2D eigenvalue weighted by atomic mass is 16.2. The number of aromatic nitrogens is 2. The smallest absolute Gasteiger partial charge is 0.279 e. The molecule has 2 heterocycles. The van der Waals surface area contributed by atoms with Crippen LogP contribution in [0.25, 0.3) is 16.5 Å². The molecular formula is C20H17N5O2. The molecule has 134 valence electrons. The first-order valence-electron chi connectivity index (χ1n) is 8.67. The number of nitriles is 1. The van der Waals surface area contributed by atoms with E-state index in [4.69, 9.17) is 0 Å². The number of fused-ring (bicyclic) bond motifs is 1. The monoisotopic (exact) mass is 359 g/mol. The van der Waals surface area contributed by atoms with Crippen LogP contribution >= 0.6 is 0 Å². The molecule has 2 unspecified atom stereocenters. The maximum Gasteiger partial charge on any atom is 0.279 e. The summed E-state index contributed by atoms with van der Waals surface area (Å²) < 4.78 is 1.24. The molecule has 2 atom stereocenters. The zero-order chi connectivity index (χ0) is 18.8. The molecule has 1 fully saturated rings. The summed E-state index contributed by atoms with van der Waals surface area (Å²) in [5.41, 5.74) is 0.461. The van der Waals surface area contributed by atoms with Gasteiger partial charge in [-0.25, -0.2) is 0 Å². The number of benzene rings is 2. The Bertz CT molecular complexity index is 1100. The van der Waals surface area contributed by atoms with Gasteiger partial charge in [-0.3, -0.25) is 9.59 Å². The Balaban J connectivity index is 1.82. The molecule has 0 aliphatic carbocycles. The molecule has 1 saturated heterocycles. The SMILES string of the molecule is N#CC1CNCC1NC(=O)c1nn(-c2ccccc2)c(=O)c2ccccc12. The first-order valence-corrected chi connectivity index (χ1v) is 8.67. The molecule has 1 aromatic heterocycles. The lowest BCUT2D eigenvalue weighted by atomic mass is 10.1. The van der Waals surface area contributed by atoms with Crippen LogP contribution in [-0.2, 0) is 0 Å². The summed E-state index contributed by atoms with van der Waals surface area (Å²) in [5, 5.41) is 20.5. The molecule has 0 radical (unpaired) electrons. The van der Waals surface area contributed by atoms with Gasteiger partial charge in [0.05, 0.1) is 29.1 Å². The maximum absolute atomic E-state index is 12.9. The molecule has 0 bridgehead atoms. The maximum atomic E-state index is 12.9. The van der Waals surface area contributed by atoms with E-state index in [9.17, 15) is 14.9 Å². The third-order valence-electron chi connectivity index (χ3n) is 4.72. The van der Waals surface area contributed by atoms with Crippen LogP contribution in [-0.4, -0.2) is 34.8 Å². The van der Waals surface area contributed by atoms with Gasteiger partial charge in [0.25, 0.3) is 11.5 Å². The molecule has 3 aromatic rings. The van der Waals surface area contributed by atoms with Gasteiger partial charge in [0.1, 0.15) is 0 Å². The Morgan fingerprint density at radius 3 is 2.56 bits per heavy atom. The van der Waals surface area contributed by atoms with E-state index in [-0.39, 0.29) is 23.2 Å². The van der Waals surface area contributed by atoms with Gasteiger partial charge >= 0.3 is 0 Å². The van der Waals surface area contributed by atoms with Crippen LogP contribution in [0.1, 0.15) is 10.5 Å². The number of para-hydroxylation sites is 1. The molecule has 1 amide bonds. The van der Waals surface area contributed by atoms with Crippen molar-refractivity contribution < 1.29 is 4.79 Å². The fourth-order valence-corrected chi connectivity index (χ4v) is 3.30. The Morgan fingerprint density at radius 1 is 1.11 bits per heavy atom. The van der Waals surface area contributed by atoms with Gasteiger partial charge in [-0.1, -0.05) is 36.4 Å². The van der Waals surface area contributed by atoms with E-state index < -0.39 is 5.91 Å². The highest BCUT2D eigenvalue weighted by molar-refractivity contribution is 6.05. The Hall–Kier alpha value is -3.50. The van der Waals surface area contributed by atoms with Gasteiger partial charge in [0.2, 0.25) is 0 Å². The van der Waals surface area contributed by atoms with Crippen molar-refractivity contribution in [3.63, 3.8) is 0 Å². The van der Waals surface area contributed by atoms with Crippen molar-refractivity contribution in [3.05, 3.63) is 70.6 Å². The molecule has 0 spiro atoms. The van der Waals surface area contributed by atoms with E-state index in [0.29, 0.717) is 29.5 Å². The van der Waals surface area contributed by atoms with Gasteiger partial charge in [-0.2, -0.15) is 15.0 Å². The minimum absolute atomic E-state index is 0.164. The molecule has 2 aromatic carbocycles. The van der Waals surface area contributed by atoms with Crippen LogP contribution in [0.4, 0.5) is 0 Å². The molecule has 27 heavy (non-hydrogen) atoms. The quantitative estimate of drug-likeness (QED) is 0.733. The van der Waals surface area contributed by atoms with E-state index in [0.717, 1.165) is 0 Å². The lowest BCUT2D eigenvalue weighted by Crippen LogP contribution is -2.41. The summed E-state index contributed by atoms with van der Waals surface area (Å²) in [6.07, 6.45) is 0. The third kappa shape index (κ3) is 3.07. The van der Waals surface area contributed by atoms with Crippen molar-refractivity contribution in [3.8, 4) is 11.8 Å². The second-order valence-electron chi connectivity index (χ2n) is 6.42. The summed E-state index contributed by atoms with van der Waals surface area (Å²) in [7, 11) is 0. The third-order valence-corrected chi connectivity index (χ3v) is 4.72. The first kappa shape index (κ1) is 16.9. The summed E-state index contributed by atoms with van der Waals surface area (Å²) in [5.74, 6) is -0.690. The predicted molar refractivity (Wildman–Crippen MR) is 101 cm³/mol. The number of carbonyl (C=O) groups is 1. The summed E-state index contributed by atoms with van der Waals surface area (Å²) >= 11 is 0. The van der Waals surface area contributed by atoms with Crippen LogP contribution in [0.3, 0.4) is 0 Å². The van der Waals surface area contributed by atoms with Gasteiger partial charge in [-0.15, -0.1) is 0 Å². The number of carbonyl (C=O) groups excluding carboxylic acids is 1. The van der Waals surface area contributed by atoms with Crippen LogP contribution in [0, 0.1) is 17.2 Å². The standard InChI is InChI=1S/C20H17N5O2/c21-10-13-11-22-12-17(13)23-19(26)18-15-8-4-5-9-16(15)20(27)25(24-18)14-6-2-1-3-7-14/h1-9,13,17,22H,11-12H2,(H,23,26). The van der Waals surface area contributed by atoms with Gasteiger partial charge in [-0.05, 0) is 18.2 Å². The first-order chi connectivity index (χ1) is 13.2. The molecule has 7 nitrogen and oxygen atoms in total. The topological polar surface area (TPSA) is 99.8 Å². The molecule has 2 N–H and O–H groups in total. The van der Waals surface area contributed by atoms with Gasteiger partial charge < -0.3 is 10.6 Å². The molecule has 1 aliphatic rings. The van der Waals surface area contributed by atoms with Crippen LogP contribution in [0.2, 0.25) is 0 Å². The van der Waals surface area contributed by atoms with E-state index in [2.05, 4.69) is 21.8 Å². The molecular weight excluding hydrogens is 342 g/mol. The summed E-state index contributed by atoms with van der Waals surface area (Å²) in [4.78, 5) is 25.8. The van der Waals surface area contributed by atoms with Crippen molar-refractivity contribution in [2.75, 3.05) is 13.1 Å². The number of nitrogens with one attached hydrogen (secondary N) is 2. The zero-order valence-electron chi connectivity index (χ0n) is 14.4. The van der Waals surface area contributed by atoms with Crippen molar-refractivity contribution in [1.29, 1.82) is 5.26 Å². The number of amides is 1. The minimum atomic E-state index is -0.398. The second kappa shape index (κ2) is 7.02. The van der Waals surface area contributed by atoms with E-state index in [1.165, 1.54) is 4.68 Å². The average molecular weight is 359 g/mol. The van der Waals surface area contributed by atoms with Crippen molar-refractivity contribution >= 4 is 16.7 Å². The average Bonchev–Trinajstić information content (AvgIpc) is 3.16. The highest BCUT2D eigenvalue weighted by Crippen LogP contribution is 2.16. The summed E-state index contributed by atoms with van der Waals surface area (Å²) in [6, 6.07) is 17.8. The minimum Gasteiger partial charge on any atom is -0.345 e. The highest BCUT2D eigenvalue weighted by Gasteiger charge is 2.29. The largest absolute Gasteiger partial charge is 0.345 e. The molecule has 7 heteroatoms. The predicted octanol–water partition coefficient (Wildman–Crippen LogP) is 1.23. The van der Waals surface area contributed by atoms with E-state index in [1.807, 2.05) is 6.07 Å². The van der Waals surface area contributed by atoms with E-state index >= 15 is 0 Å². The van der Waals surface area contributed by atoms with E-state index in [1.54, 1.807) is 48.5 Å². The van der Waals surface area contributed by atoms with Crippen LogP contribution in [0.15, 0.2) is 59.4 Å². The number of nitrogens with zero attached hydrogens (tertiary/aromatic N) is 3. The van der Waals surface area contributed by atoms with Crippen molar-refractivity contribution in [2.45, 2.75) is 6.04 Å². The molecule has 1 aliphatic heterocycles. The lowest BCUT2D eigenvalue weighted by Gasteiger charge is -2.16.